The smallest absolute Gasteiger partial charge is 0.307 e. The summed E-state index contributed by atoms with van der Waals surface area (Å²) in [6, 6.07) is 0. The Balaban J connectivity index is 3.71. The highest BCUT2D eigenvalue weighted by atomic mass is 16.4. The maximum atomic E-state index is 12.1. The van der Waals surface area contributed by atoms with Crippen molar-refractivity contribution in [2.75, 3.05) is 13.1 Å². The molecule has 0 bridgehead atoms. The molecule has 0 aliphatic rings. The van der Waals surface area contributed by atoms with E-state index in [9.17, 15) is 14.7 Å². The Morgan fingerprint density at radius 3 is 1.79 bits per heavy atom. The van der Waals surface area contributed by atoms with Gasteiger partial charge in [-0.25, -0.2) is 0 Å². The fraction of sp³-hybridized carbons (Fsp3) is 0.833. The van der Waals surface area contributed by atoms with E-state index in [0.29, 0.717) is 19.5 Å². The van der Waals surface area contributed by atoms with Crippen LogP contribution in [0.2, 0.25) is 0 Å². The number of hydrogen-bond acceptors (Lipinski definition) is 2. The highest BCUT2D eigenvalue weighted by Crippen LogP contribution is 2.17. The van der Waals surface area contributed by atoms with Crippen molar-refractivity contribution in [2.45, 2.75) is 111 Å². The number of carbonyl (C=O) groups is 2. The minimum atomic E-state index is -0.835. The Bertz CT molecular complexity index is 416. The second-order valence-corrected chi connectivity index (χ2v) is 7.82. The summed E-state index contributed by atoms with van der Waals surface area (Å²) >= 11 is 0. The summed E-state index contributed by atoms with van der Waals surface area (Å²) in [5.41, 5.74) is 0. The molecule has 0 heterocycles. The molecule has 1 unspecified atom stereocenters. The van der Waals surface area contributed by atoms with E-state index in [1.807, 2.05) is 13.8 Å². The van der Waals surface area contributed by atoms with Crippen LogP contribution in [0, 0.1) is 5.92 Å². The van der Waals surface area contributed by atoms with Crippen LogP contribution in [0.5, 0.6) is 0 Å². The Kier molecular flexibility index (Phi) is 18.1. The average Bonchev–Trinajstić information content (AvgIpc) is 2.68. The molecule has 164 valence electrons. The van der Waals surface area contributed by atoms with Crippen LogP contribution in [0.15, 0.2) is 12.2 Å². The number of carbonyl (C=O) groups excluding carboxylic acids is 1. The van der Waals surface area contributed by atoms with E-state index in [-0.39, 0.29) is 12.3 Å². The summed E-state index contributed by atoms with van der Waals surface area (Å²) in [5.74, 6) is -1.41. The monoisotopic (exact) mass is 395 g/mol. The molecule has 0 aliphatic heterocycles. The molecule has 0 rings (SSSR count). The van der Waals surface area contributed by atoms with Crippen LogP contribution in [0.1, 0.15) is 111 Å². The summed E-state index contributed by atoms with van der Waals surface area (Å²) in [5, 5.41) is 9.37. The van der Waals surface area contributed by atoms with Crippen molar-refractivity contribution < 1.29 is 14.7 Å². The Hall–Kier alpha value is -1.32. The molecule has 0 radical (unpaired) electrons. The van der Waals surface area contributed by atoms with Crippen LogP contribution >= 0.6 is 0 Å². The lowest BCUT2D eigenvalue weighted by atomic mass is 9.96. The van der Waals surface area contributed by atoms with Crippen molar-refractivity contribution in [3.05, 3.63) is 12.2 Å². The molecule has 4 heteroatoms. The van der Waals surface area contributed by atoms with Crippen LogP contribution in [0.4, 0.5) is 0 Å². The molecule has 1 N–H and O–H groups in total. The van der Waals surface area contributed by atoms with Gasteiger partial charge in [-0.1, -0.05) is 70.4 Å². The van der Waals surface area contributed by atoms with E-state index in [2.05, 4.69) is 19.1 Å². The van der Waals surface area contributed by atoms with E-state index in [1.54, 1.807) is 4.90 Å². The minimum Gasteiger partial charge on any atom is -0.481 e. The Morgan fingerprint density at radius 2 is 1.29 bits per heavy atom. The highest BCUT2D eigenvalue weighted by molar-refractivity contribution is 5.82. The molecular weight excluding hydrogens is 350 g/mol. The summed E-state index contributed by atoms with van der Waals surface area (Å²) < 4.78 is 0. The molecule has 1 amide bonds. The molecule has 0 saturated carbocycles. The molecule has 4 nitrogen and oxygen atoms in total. The van der Waals surface area contributed by atoms with E-state index < -0.39 is 11.9 Å². The van der Waals surface area contributed by atoms with Gasteiger partial charge in [0.15, 0.2) is 0 Å². The van der Waals surface area contributed by atoms with E-state index in [4.69, 9.17) is 0 Å². The number of nitrogens with zero attached hydrogens (tertiary/aromatic N) is 1. The summed E-state index contributed by atoms with van der Waals surface area (Å²) in [7, 11) is 0. The zero-order valence-corrected chi connectivity index (χ0v) is 18.8. The van der Waals surface area contributed by atoms with Crippen molar-refractivity contribution in [3.8, 4) is 0 Å². The van der Waals surface area contributed by atoms with Crippen molar-refractivity contribution >= 4 is 11.9 Å². The molecule has 1 atom stereocenters. The normalized spacial score (nSPS) is 12.4. The maximum absolute atomic E-state index is 12.1. The molecule has 28 heavy (non-hydrogen) atoms. The number of unbranched alkanes of at least 4 members (excludes halogenated alkanes) is 10. The second kappa shape index (κ2) is 19.0. The highest BCUT2D eigenvalue weighted by Gasteiger charge is 2.22. The molecule has 0 spiro atoms. The van der Waals surface area contributed by atoms with Gasteiger partial charge in [-0.3, -0.25) is 9.59 Å². The second-order valence-electron chi connectivity index (χ2n) is 7.82. The van der Waals surface area contributed by atoms with Gasteiger partial charge in [0.25, 0.3) is 0 Å². The number of carboxylic acids is 1. The van der Waals surface area contributed by atoms with Crippen LogP contribution in [-0.2, 0) is 9.59 Å². The zero-order chi connectivity index (χ0) is 21.0. The predicted octanol–water partition coefficient (Wildman–Crippen LogP) is 6.59. The van der Waals surface area contributed by atoms with Crippen LogP contribution in [0.25, 0.3) is 0 Å². The van der Waals surface area contributed by atoms with Crippen molar-refractivity contribution in [1.29, 1.82) is 0 Å². The number of amides is 1. The maximum Gasteiger partial charge on any atom is 0.307 e. The third kappa shape index (κ3) is 14.7. The van der Waals surface area contributed by atoms with Crippen LogP contribution < -0.4 is 0 Å². The van der Waals surface area contributed by atoms with Gasteiger partial charge in [-0.15, -0.1) is 0 Å². The van der Waals surface area contributed by atoms with Gasteiger partial charge in [0.1, 0.15) is 0 Å². The molecule has 0 saturated heterocycles. The van der Waals surface area contributed by atoms with E-state index in [1.165, 1.54) is 51.4 Å². The summed E-state index contributed by atoms with van der Waals surface area (Å²) in [6.45, 7) is 7.40. The van der Waals surface area contributed by atoms with Gasteiger partial charge in [-0.2, -0.15) is 0 Å². The first-order valence-electron chi connectivity index (χ1n) is 11.7. The van der Waals surface area contributed by atoms with Gasteiger partial charge in [0, 0.05) is 19.5 Å². The largest absolute Gasteiger partial charge is 0.481 e. The zero-order valence-electron chi connectivity index (χ0n) is 18.8. The number of aliphatic carboxylic acids is 1. The van der Waals surface area contributed by atoms with Crippen molar-refractivity contribution in [1.82, 2.24) is 4.90 Å². The lowest BCUT2D eigenvalue weighted by molar-refractivity contribution is -0.146. The first kappa shape index (κ1) is 26.7. The fourth-order valence-electron chi connectivity index (χ4n) is 3.51. The van der Waals surface area contributed by atoms with Gasteiger partial charge in [-0.05, 0) is 46.0 Å². The van der Waals surface area contributed by atoms with Gasteiger partial charge >= 0.3 is 5.97 Å². The van der Waals surface area contributed by atoms with Gasteiger partial charge in [0.05, 0.1) is 5.92 Å². The summed E-state index contributed by atoms with van der Waals surface area (Å²) in [6.07, 6.45) is 20.0. The molecule has 0 aromatic rings. The SMILES string of the molecule is CCCCCCCC/C=C/CCCCCCC(CC(=O)N(CC)CC)C(=O)O. The van der Waals surface area contributed by atoms with Gasteiger partial charge in [0.2, 0.25) is 5.91 Å². The average molecular weight is 396 g/mol. The lowest BCUT2D eigenvalue weighted by Gasteiger charge is -2.21. The quantitative estimate of drug-likeness (QED) is 0.198. The topological polar surface area (TPSA) is 57.6 Å². The molecule has 0 fully saturated rings. The number of allylic oxidation sites excluding steroid dienone is 2. The molecule has 0 aromatic heterocycles. The van der Waals surface area contributed by atoms with Crippen molar-refractivity contribution in [3.63, 3.8) is 0 Å². The number of rotatable bonds is 19. The standard InChI is InChI=1S/C24H45NO3/c1-4-7-8-9-10-11-12-13-14-15-16-17-18-19-20-22(24(27)28)21-23(26)25(5-2)6-3/h13-14,22H,4-12,15-21H2,1-3H3,(H,27,28)/b14-13+. The third-order valence-electron chi connectivity index (χ3n) is 5.45. The lowest BCUT2D eigenvalue weighted by Crippen LogP contribution is -2.33. The van der Waals surface area contributed by atoms with E-state index >= 15 is 0 Å². The van der Waals surface area contributed by atoms with Gasteiger partial charge < -0.3 is 10.0 Å². The first-order chi connectivity index (χ1) is 13.6. The minimum absolute atomic E-state index is 0.0344. The van der Waals surface area contributed by atoms with Crippen LogP contribution in [0.3, 0.4) is 0 Å². The van der Waals surface area contributed by atoms with E-state index in [0.717, 1.165) is 25.7 Å². The third-order valence-corrected chi connectivity index (χ3v) is 5.45. The first-order valence-corrected chi connectivity index (χ1v) is 11.7. The Labute approximate surface area is 173 Å². The number of carboxylic acid groups (broad SMARTS) is 1. The molecule has 0 aliphatic carbocycles. The molecular formula is C24H45NO3. The predicted molar refractivity (Wildman–Crippen MR) is 119 cm³/mol. The van der Waals surface area contributed by atoms with Crippen molar-refractivity contribution in [2.24, 2.45) is 5.92 Å². The van der Waals surface area contributed by atoms with Crippen LogP contribution in [-0.4, -0.2) is 35.0 Å². The summed E-state index contributed by atoms with van der Waals surface area (Å²) in [4.78, 5) is 25.3. The Morgan fingerprint density at radius 1 is 0.786 bits per heavy atom. The fourth-order valence-corrected chi connectivity index (χ4v) is 3.51. The molecule has 0 aromatic carbocycles. The number of hydrogen-bond donors (Lipinski definition) is 1.